The molecule has 0 aliphatic rings. The molecular formula is C24H24BrN3O3. The van der Waals surface area contributed by atoms with Crippen molar-refractivity contribution in [2.45, 2.75) is 27.0 Å². The zero-order chi connectivity index (χ0) is 21.8. The smallest absolute Gasteiger partial charge is 0.323 e. The Hall–Kier alpha value is -3.19. The molecule has 31 heavy (non-hydrogen) atoms. The van der Waals surface area contributed by atoms with Crippen LogP contribution < -0.4 is 20.5 Å². The number of aromatic amines is 2. The van der Waals surface area contributed by atoms with Crippen LogP contribution >= 0.6 is 15.9 Å². The van der Waals surface area contributed by atoms with Gasteiger partial charge in [-0.25, -0.2) is 4.79 Å². The van der Waals surface area contributed by atoms with Gasteiger partial charge in [-0.05, 0) is 55.3 Å². The molecule has 6 nitrogen and oxygen atoms in total. The maximum atomic E-state index is 11.5. The minimum Gasteiger partial charge on any atom is -0.490 e. The van der Waals surface area contributed by atoms with E-state index in [9.17, 15) is 4.79 Å². The lowest BCUT2D eigenvalue weighted by atomic mass is 10.1. The van der Waals surface area contributed by atoms with Gasteiger partial charge in [-0.2, -0.15) is 0 Å². The van der Waals surface area contributed by atoms with Crippen LogP contribution in [0.4, 0.5) is 5.69 Å². The van der Waals surface area contributed by atoms with Crippen LogP contribution in [0.25, 0.3) is 11.0 Å². The van der Waals surface area contributed by atoms with E-state index in [-0.39, 0.29) is 5.69 Å². The van der Waals surface area contributed by atoms with Crippen molar-refractivity contribution in [2.75, 3.05) is 11.9 Å². The predicted molar refractivity (Wildman–Crippen MR) is 127 cm³/mol. The van der Waals surface area contributed by atoms with Crippen LogP contribution in [0.15, 0.2) is 63.9 Å². The molecule has 0 unspecified atom stereocenters. The first-order chi connectivity index (χ1) is 15.0. The van der Waals surface area contributed by atoms with Gasteiger partial charge in [0.05, 0.1) is 17.6 Å². The van der Waals surface area contributed by atoms with E-state index in [0.717, 1.165) is 32.3 Å². The molecule has 0 fully saturated rings. The molecule has 0 amide bonds. The molecule has 3 N–H and O–H groups in total. The Balaban J connectivity index is 1.50. The lowest BCUT2D eigenvalue weighted by molar-refractivity contribution is 0.269. The van der Waals surface area contributed by atoms with Crippen molar-refractivity contribution < 1.29 is 9.47 Å². The van der Waals surface area contributed by atoms with E-state index in [1.807, 2.05) is 43.3 Å². The quantitative estimate of drug-likeness (QED) is 0.309. The van der Waals surface area contributed by atoms with Crippen molar-refractivity contribution in [3.05, 3.63) is 86.2 Å². The van der Waals surface area contributed by atoms with E-state index in [1.54, 1.807) is 0 Å². The van der Waals surface area contributed by atoms with Crippen LogP contribution in [-0.4, -0.2) is 16.6 Å². The number of hydrogen-bond donors (Lipinski definition) is 3. The second-order valence-electron chi connectivity index (χ2n) is 7.29. The molecule has 1 heterocycles. The predicted octanol–water partition coefficient (Wildman–Crippen LogP) is 5.52. The van der Waals surface area contributed by atoms with Gasteiger partial charge in [-0.1, -0.05) is 45.8 Å². The Morgan fingerprint density at radius 3 is 2.58 bits per heavy atom. The van der Waals surface area contributed by atoms with Gasteiger partial charge >= 0.3 is 5.69 Å². The van der Waals surface area contributed by atoms with Gasteiger partial charge in [0, 0.05) is 16.7 Å². The van der Waals surface area contributed by atoms with Crippen LogP contribution in [0.3, 0.4) is 0 Å². The summed E-state index contributed by atoms with van der Waals surface area (Å²) in [5.74, 6) is 1.41. The summed E-state index contributed by atoms with van der Waals surface area (Å²) in [6, 6.07) is 17.9. The molecule has 0 bridgehead atoms. The van der Waals surface area contributed by atoms with Crippen LogP contribution in [0.5, 0.6) is 11.5 Å². The molecule has 0 radical (unpaired) electrons. The highest BCUT2D eigenvalue weighted by molar-refractivity contribution is 9.10. The summed E-state index contributed by atoms with van der Waals surface area (Å²) in [7, 11) is 0. The van der Waals surface area contributed by atoms with E-state index in [0.29, 0.717) is 31.3 Å². The number of H-pyrrole nitrogens is 2. The average Bonchev–Trinajstić information content (AvgIpc) is 3.12. The molecule has 0 spiro atoms. The number of aryl methyl sites for hydroxylation is 1. The van der Waals surface area contributed by atoms with Gasteiger partial charge in [0.1, 0.15) is 6.61 Å². The molecule has 4 rings (SSSR count). The summed E-state index contributed by atoms with van der Waals surface area (Å²) < 4.78 is 12.8. The maximum absolute atomic E-state index is 11.5. The second kappa shape index (κ2) is 9.31. The monoisotopic (exact) mass is 481 g/mol. The number of benzene rings is 3. The number of fused-ring (bicyclic) bond motifs is 1. The molecule has 0 aliphatic carbocycles. The molecule has 7 heteroatoms. The van der Waals surface area contributed by atoms with E-state index in [4.69, 9.17) is 9.47 Å². The van der Waals surface area contributed by atoms with Crippen molar-refractivity contribution in [3.8, 4) is 11.5 Å². The third kappa shape index (κ3) is 5.11. The van der Waals surface area contributed by atoms with Gasteiger partial charge in [0.25, 0.3) is 0 Å². The van der Waals surface area contributed by atoms with E-state index < -0.39 is 0 Å². The summed E-state index contributed by atoms with van der Waals surface area (Å²) in [4.78, 5) is 17.0. The van der Waals surface area contributed by atoms with Gasteiger partial charge in [0.2, 0.25) is 0 Å². The van der Waals surface area contributed by atoms with E-state index in [2.05, 4.69) is 56.3 Å². The summed E-state index contributed by atoms with van der Waals surface area (Å²) in [5.41, 5.74) is 5.60. The molecule has 1 aromatic heterocycles. The molecule has 0 aliphatic heterocycles. The SMILES string of the molecule is CCOc1cc(CNc2ccc3[nH]c(=O)[nH]c3c2)c(Br)cc1OCc1cccc(C)c1. The third-order valence-corrected chi connectivity index (χ3v) is 5.63. The first-order valence-corrected chi connectivity index (χ1v) is 10.9. The molecule has 0 saturated carbocycles. The standard InChI is InChI=1S/C24H24BrN3O3/c1-3-30-22-10-17(13-26-18-7-8-20-21(11-18)28-24(29)27-20)19(25)12-23(22)31-14-16-6-4-5-15(2)9-16/h4-12,26H,3,13-14H2,1-2H3,(H2,27,28,29). The zero-order valence-corrected chi connectivity index (χ0v) is 19.0. The fourth-order valence-electron chi connectivity index (χ4n) is 3.40. The number of imidazole rings is 1. The number of nitrogens with one attached hydrogen (secondary N) is 3. The first kappa shape index (κ1) is 21.1. The van der Waals surface area contributed by atoms with Crippen LogP contribution in [0.2, 0.25) is 0 Å². The Morgan fingerprint density at radius 2 is 1.77 bits per heavy atom. The number of hydrogen-bond acceptors (Lipinski definition) is 4. The molecule has 0 saturated heterocycles. The van der Waals surface area contributed by atoms with Crippen molar-refractivity contribution in [1.29, 1.82) is 0 Å². The number of halogens is 1. The van der Waals surface area contributed by atoms with Gasteiger partial charge in [-0.3, -0.25) is 0 Å². The number of anilines is 1. The van der Waals surface area contributed by atoms with Crippen molar-refractivity contribution in [2.24, 2.45) is 0 Å². The fourth-order valence-corrected chi connectivity index (χ4v) is 3.86. The second-order valence-corrected chi connectivity index (χ2v) is 8.15. The van der Waals surface area contributed by atoms with Crippen molar-refractivity contribution >= 4 is 32.7 Å². The molecule has 160 valence electrons. The highest BCUT2D eigenvalue weighted by atomic mass is 79.9. The van der Waals surface area contributed by atoms with E-state index >= 15 is 0 Å². The van der Waals surface area contributed by atoms with Crippen LogP contribution in [-0.2, 0) is 13.2 Å². The number of rotatable bonds is 8. The van der Waals surface area contributed by atoms with Crippen LogP contribution in [0, 0.1) is 6.92 Å². The Kier molecular flexibility index (Phi) is 6.32. The largest absolute Gasteiger partial charge is 0.490 e. The lowest BCUT2D eigenvalue weighted by Crippen LogP contribution is -2.04. The molecule has 0 atom stereocenters. The minimum absolute atomic E-state index is 0.211. The highest BCUT2D eigenvalue weighted by Gasteiger charge is 2.12. The normalized spacial score (nSPS) is 10.9. The van der Waals surface area contributed by atoms with Gasteiger partial charge in [-0.15, -0.1) is 0 Å². The molecular weight excluding hydrogens is 458 g/mol. The first-order valence-electron chi connectivity index (χ1n) is 10.1. The summed E-state index contributed by atoms with van der Waals surface area (Å²) in [6.07, 6.45) is 0. The summed E-state index contributed by atoms with van der Waals surface area (Å²) in [6.45, 7) is 5.63. The minimum atomic E-state index is -0.211. The number of ether oxygens (including phenoxy) is 2. The maximum Gasteiger partial charge on any atom is 0.323 e. The Bertz CT molecular complexity index is 1260. The molecule has 3 aromatic carbocycles. The number of aromatic nitrogens is 2. The summed E-state index contributed by atoms with van der Waals surface area (Å²) in [5, 5.41) is 3.39. The van der Waals surface area contributed by atoms with Crippen LogP contribution in [0.1, 0.15) is 23.6 Å². The lowest BCUT2D eigenvalue weighted by Gasteiger charge is -2.16. The topological polar surface area (TPSA) is 79.1 Å². The Morgan fingerprint density at radius 1 is 0.968 bits per heavy atom. The Labute approximate surface area is 188 Å². The van der Waals surface area contributed by atoms with E-state index in [1.165, 1.54) is 5.56 Å². The van der Waals surface area contributed by atoms with Gasteiger partial charge in [0.15, 0.2) is 11.5 Å². The zero-order valence-electron chi connectivity index (χ0n) is 17.4. The third-order valence-electron chi connectivity index (χ3n) is 4.89. The highest BCUT2D eigenvalue weighted by Crippen LogP contribution is 2.35. The molecule has 4 aromatic rings. The fraction of sp³-hybridized carbons (Fsp3) is 0.208. The summed E-state index contributed by atoms with van der Waals surface area (Å²) >= 11 is 3.66. The van der Waals surface area contributed by atoms with Crippen molar-refractivity contribution in [1.82, 2.24) is 9.97 Å². The van der Waals surface area contributed by atoms with Crippen molar-refractivity contribution in [3.63, 3.8) is 0 Å². The average molecular weight is 482 g/mol. The van der Waals surface area contributed by atoms with Gasteiger partial charge < -0.3 is 24.8 Å².